The number of aromatic nitrogens is 5. The van der Waals surface area contributed by atoms with E-state index in [-0.39, 0.29) is 0 Å². The molecular formula is C20H21N7. The van der Waals surface area contributed by atoms with Gasteiger partial charge in [-0.3, -0.25) is 9.97 Å². The van der Waals surface area contributed by atoms with Crippen molar-refractivity contribution in [1.29, 1.82) is 0 Å². The Morgan fingerprint density at radius 2 is 1.78 bits per heavy atom. The summed E-state index contributed by atoms with van der Waals surface area (Å²) in [7, 11) is 0. The van der Waals surface area contributed by atoms with Crippen LogP contribution in [0, 0.1) is 0 Å². The maximum absolute atomic E-state index is 5.99. The molecule has 1 fully saturated rings. The van der Waals surface area contributed by atoms with E-state index in [4.69, 9.17) is 5.73 Å². The number of nitrogens with zero attached hydrogens (tertiary/aromatic N) is 5. The molecule has 0 saturated heterocycles. The Balaban J connectivity index is 1.44. The maximum atomic E-state index is 5.99. The second-order valence-corrected chi connectivity index (χ2v) is 7.16. The standard InChI is InChI=1S/C20H21N7/c21-14-2-4-15(5-3-14)25-20-24-12-19-16(7-10-27(19)26-20)13-1-6-17-18(11-13)23-9-8-22-17/h1,6-12,14-15H,2-5,21H2,(H,25,26). The van der Waals surface area contributed by atoms with Crippen LogP contribution in [0.4, 0.5) is 5.95 Å². The number of rotatable bonds is 3. The molecule has 0 amide bonds. The molecular weight excluding hydrogens is 338 g/mol. The topological polar surface area (TPSA) is 94.0 Å². The van der Waals surface area contributed by atoms with Crippen LogP contribution in [0.2, 0.25) is 0 Å². The van der Waals surface area contributed by atoms with E-state index in [1.807, 2.05) is 23.0 Å². The number of benzene rings is 1. The van der Waals surface area contributed by atoms with Crippen LogP contribution >= 0.6 is 0 Å². The van der Waals surface area contributed by atoms with E-state index in [9.17, 15) is 0 Å². The zero-order valence-electron chi connectivity index (χ0n) is 14.9. The quantitative estimate of drug-likeness (QED) is 0.584. The number of anilines is 1. The molecule has 0 bridgehead atoms. The molecule has 7 heteroatoms. The summed E-state index contributed by atoms with van der Waals surface area (Å²) in [4.78, 5) is 13.3. The summed E-state index contributed by atoms with van der Waals surface area (Å²) in [6.07, 6.45) is 11.5. The predicted molar refractivity (Wildman–Crippen MR) is 105 cm³/mol. The molecule has 1 aliphatic carbocycles. The smallest absolute Gasteiger partial charge is 0.241 e. The summed E-state index contributed by atoms with van der Waals surface area (Å²) in [6, 6.07) is 8.90. The minimum atomic E-state index is 0.338. The second kappa shape index (κ2) is 6.59. The number of nitrogens with two attached hydrogens (primary N) is 1. The van der Waals surface area contributed by atoms with Crippen LogP contribution in [-0.2, 0) is 0 Å². The zero-order chi connectivity index (χ0) is 18.2. The monoisotopic (exact) mass is 359 g/mol. The molecule has 0 aliphatic heterocycles. The predicted octanol–water partition coefficient (Wildman–Crippen LogP) is 3.02. The first-order valence-corrected chi connectivity index (χ1v) is 9.34. The van der Waals surface area contributed by atoms with Crippen LogP contribution in [0.15, 0.2) is 49.1 Å². The molecule has 0 radical (unpaired) electrons. The van der Waals surface area contributed by atoms with Crippen LogP contribution in [0.3, 0.4) is 0 Å². The molecule has 3 N–H and O–H groups in total. The van der Waals surface area contributed by atoms with Gasteiger partial charge in [0.2, 0.25) is 5.95 Å². The fourth-order valence-electron chi connectivity index (χ4n) is 3.79. The minimum Gasteiger partial charge on any atom is -0.350 e. The number of fused-ring (bicyclic) bond motifs is 2. The fraction of sp³-hybridized carbons (Fsp3) is 0.300. The van der Waals surface area contributed by atoms with E-state index >= 15 is 0 Å². The van der Waals surface area contributed by atoms with Gasteiger partial charge in [-0.2, -0.15) is 0 Å². The average molecular weight is 359 g/mol. The molecule has 0 atom stereocenters. The molecule has 1 aromatic carbocycles. The van der Waals surface area contributed by atoms with E-state index in [1.54, 1.807) is 12.4 Å². The van der Waals surface area contributed by atoms with Crippen LogP contribution in [0.5, 0.6) is 0 Å². The van der Waals surface area contributed by atoms with Crippen molar-refractivity contribution in [3.05, 3.63) is 49.1 Å². The highest BCUT2D eigenvalue weighted by molar-refractivity contribution is 5.86. The Morgan fingerprint density at radius 1 is 0.963 bits per heavy atom. The van der Waals surface area contributed by atoms with E-state index in [0.717, 1.165) is 53.4 Å². The zero-order valence-corrected chi connectivity index (χ0v) is 14.9. The summed E-state index contributed by atoms with van der Waals surface area (Å²) in [5.74, 6) is 0.662. The van der Waals surface area contributed by atoms with Crippen molar-refractivity contribution in [3.8, 4) is 11.1 Å². The molecule has 1 aliphatic rings. The molecule has 0 unspecified atom stereocenters. The highest BCUT2D eigenvalue weighted by Crippen LogP contribution is 2.27. The van der Waals surface area contributed by atoms with Crippen LogP contribution in [0.1, 0.15) is 25.7 Å². The summed E-state index contributed by atoms with van der Waals surface area (Å²) in [5, 5.41) is 8.08. The van der Waals surface area contributed by atoms with Gasteiger partial charge in [-0.05, 0) is 49.4 Å². The number of nitrogens with one attached hydrogen (secondary N) is 1. The number of hydrogen-bond acceptors (Lipinski definition) is 6. The molecule has 3 heterocycles. The Bertz CT molecular complexity index is 1100. The van der Waals surface area contributed by atoms with Gasteiger partial charge in [0, 0.05) is 36.2 Å². The van der Waals surface area contributed by atoms with Gasteiger partial charge >= 0.3 is 0 Å². The summed E-state index contributed by atoms with van der Waals surface area (Å²) < 4.78 is 1.88. The largest absolute Gasteiger partial charge is 0.350 e. The second-order valence-electron chi connectivity index (χ2n) is 7.16. The maximum Gasteiger partial charge on any atom is 0.241 e. The van der Waals surface area contributed by atoms with E-state index in [2.05, 4.69) is 43.6 Å². The number of hydrogen-bond donors (Lipinski definition) is 2. The van der Waals surface area contributed by atoms with Crippen molar-refractivity contribution in [2.24, 2.45) is 5.73 Å². The van der Waals surface area contributed by atoms with Crippen molar-refractivity contribution >= 4 is 22.5 Å². The molecule has 0 spiro atoms. The lowest BCUT2D eigenvalue weighted by molar-refractivity contribution is 0.409. The Hall–Kier alpha value is -3.06. The molecule has 7 nitrogen and oxygen atoms in total. The fourth-order valence-corrected chi connectivity index (χ4v) is 3.79. The SMILES string of the molecule is NC1CCC(Nc2ncc3c(-c4ccc5nccnc5c4)ccn3n2)CC1. The van der Waals surface area contributed by atoms with E-state index in [0.29, 0.717) is 18.0 Å². The van der Waals surface area contributed by atoms with Gasteiger partial charge in [0.1, 0.15) is 0 Å². The average Bonchev–Trinajstić information content (AvgIpc) is 3.12. The van der Waals surface area contributed by atoms with Gasteiger partial charge in [0.25, 0.3) is 0 Å². The van der Waals surface area contributed by atoms with Crippen molar-refractivity contribution in [2.75, 3.05) is 5.32 Å². The molecule has 1 saturated carbocycles. The van der Waals surface area contributed by atoms with Crippen LogP contribution in [-0.4, -0.2) is 36.6 Å². The lowest BCUT2D eigenvalue weighted by atomic mass is 9.92. The summed E-state index contributed by atoms with van der Waals surface area (Å²) in [6.45, 7) is 0. The molecule has 27 heavy (non-hydrogen) atoms. The minimum absolute atomic E-state index is 0.338. The first-order valence-electron chi connectivity index (χ1n) is 9.34. The third-order valence-electron chi connectivity index (χ3n) is 5.30. The molecule has 3 aromatic heterocycles. The molecule has 136 valence electrons. The Kier molecular flexibility index (Phi) is 3.94. The highest BCUT2D eigenvalue weighted by Gasteiger charge is 2.19. The normalized spacial score (nSPS) is 20.2. The van der Waals surface area contributed by atoms with E-state index < -0.39 is 0 Å². The summed E-state index contributed by atoms with van der Waals surface area (Å²) >= 11 is 0. The van der Waals surface area contributed by atoms with Crippen molar-refractivity contribution in [2.45, 2.75) is 37.8 Å². The van der Waals surface area contributed by atoms with Gasteiger partial charge in [0.15, 0.2) is 0 Å². The van der Waals surface area contributed by atoms with E-state index in [1.165, 1.54) is 0 Å². The van der Waals surface area contributed by atoms with Gasteiger partial charge in [0.05, 0.1) is 22.7 Å². The first-order chi connectivity index (χ1) is 13.3. The third kappa shape index (κ3) is 3.10. The van der Waals surface area contributed by atoms with Crippen molar-refractivity contribution < 1.29 is 0 Å². The Labute approximate surface area is 156 Å². The van der Waals surface area contributed by atoms with Gasteiger partial charge < -0.3 is 11.1 Å². The molecule has 5 rings (SSSR count). The molecule has 4 aromatic rings. The van der Waals surface area contributed by atoms with Crippen LogP contribution < -0.4 is 11.1 Å². The van der Waals surface area contributed by atoms with Gasteiger partial charge in [-0.1, -0.05) is 6.07 Å². The lowest BCUT2D eigenvalue weighted by Crippen LogP contribution is -2.33. The summed E-state index contributed by atoms with van der Waals surface area (Å²) in [5.41, 5.74) is 10.9. The van der Waals surface area contributed by atoms with Gasteiger partial charge in [-0.25, -0.2) is 9.50 Å². The van der Waals surface area contributed by atoms with Crippen LogP contribution in [0.25, 0.3) is 27.7 Å². The van der Waals surface area contributed by atoms with Crippen molar-refractivity contribution in [1.82, 2.24) is 24.6 Å². The highest BCUT2D eigenvalue weighted by atomic mass is 15.3. The Morgan fingerprint density at radius 3 is 2.63 bits per heavy atom. The van der Waals surface area contributed by atoms with Gasteiger partial charge in [-0.15, -0.1) is 5.10 Å². The third-order valence-corrected chi connectivity index (χ3v) is 5.30. The first kappa shape index (κ1) is 16.1. The lowest BCUT2D eigenvalue weighted by Gasteiger charge is -2.26. The van der Waals surface area contributed by atoms with Crippen molar-refractivity contribution in [3.63, 3.8) is 0 Å².